The number of hydrogen-bond donors (Lipinski definition) is 2. The van der Waals surface area contributed by atoms with Gasteiger partial charge in [0, 0.05) is 12.8 Å². The van der Waals surface area contributed by atoms with Gasteiger partial charge in [-0.25, -0.2) is 26.3 Å². The third-order valence-corrected chi connectivity index (χ3v) is 4.48. The zero-order valence-corrected chi connectivity index (χ0v) is 17.9. The molecule has 0 aromatic rings. The predicted octanol–water partition coefficient (Wildman–Crippen LogP) is 6.15. The first kappa shape index (κ1) is 36.6. The van der Waals surface area contributed by atoms with Gasteiger partial charge in [0.2, 0.25) is 0 Å². The lowest BCUT2D eigenvalue weighted by molar-refractivity contribution is -0.434. The summed E-state index contributed by atoms with van der Waals surface area (Å²) in [6.07, 6.45) is -30.4. The van der Waals surface area contributed by atoms with Crippen LogP contribution >= 0.6 is 0 Å². The molecule has 0 saturated heterocycles. The Morgan fingerprint density at radius 2 is 0.711 bits per heavy atom. The van der Waals surface area contributed by atoms with Gasteiger partial charge in [-0.2, -0.15) is 52.7 Å². The van der Waals surface area contributed by atoms with Crippen molar-refractivity contribution < 1.29 is 98.7 Å². The molecule has 0 saturated carbocycles. The van der Waals surface area contributed by atoms with Gasteiger partial charge in [-0.15, -0.1) is 0 Å². The van der Waals surface area contributed by atoms with Gasteiger partial charge < -0.3 is 10.2 Å². The quantitative estimate of drug-likeness (QED) is 0.153. The highest BCUT2D eigenvalue weighted by atomic mass is 19.4. The summed E-state index contributed by atoms with van der Waals surface area (Å²) in [7, 11) is 0. The standard InChI is InChI=1S/C16H16F18O4/c17-7(37-15(31,32)13(27,28)11(23,24)5-35)9(19,20)3-1-2-4-10(21,22)8(18)38-16(33,34)14(29,30)12(25,26)6-36/h7-8,35-36H,1-6H2. The number of aliphatic hydroxyl groups is 2. The molecule has 0 aromatic carbocycles. The SMILES string of the molecule is OCC(F)(F)C(F)(F)C(F)(F)OC(F)C(F)(F)CCCCC(F)(F)C(F)OC(F)(F)C(F)(F)C(F)(F)CO. The van der Waals surface area contributed by atoms with Crippen molar-refractivity contribution in [1.29, 1.82) is 0 Å². The Balaban J connectivity index is 5.17. The number of ether oxygens (including phenoxy) is 2. The summed E-state index contributed by atoms with van der Waals surface area (Å²) in [6.45, 7) is -5.93. The zero-order chi connectivity index (χ0) is 30.8. The molecule has 2 N–H and O–H groups in total. The topological polar surface area (TPSA) is 58.9 Å². The minimum atomic E-state index is -6.74. The lowest BCUT2D eigenvalue weighted by atomic mass is 10.1. The molecule has 0 aliphatic rings. The molecule has 230 valence electrons. The maximum absolute atomic E-state index is 13.5. The fourth-order valence-electron chi connectivity index (χ4n) is 2.15. The average Bonchev–Trinajstić information content (AvgIpc) is 2.75. The van der Waals surface area contributed by atoms with Crippen molar-refractivity contribution in [3.8, 4) is 0 Å². The van der Waals surface area contributed by atoms with Gasteiger partial charge >= 0.3 is 47.8 Å². The van der Waals surface area contributed by atoms with Crippen molar-refractivity contribution in [1.82, 2.24) is 0 Å². The number of aliphatic hydroxyl groups excluding tert-OH is 2. The molecule has 4 nitrogen and oxygen atoms in total. The molecule has 22 heteroatoms. The second-order valence-corrected chi connectivity index (χ2v) is 7.50. The molecular weight excluding hydrogens is 598 g/mol. The lowest BCUT2D eigenvalue weighted by Gasteiger charge is -2.33. The number of rotatable bonds is 17. The number of alkyl halides is 18. The third-order valence-electron chi connectivity index (χ3n) is 4.48. The maximum Gasteiger partial charge on any atom is 0.428 e. The van der Waals surface area contributed by atoms with Crippen LogP contribution < -0.4 is 0 Å². The largest absolute Gasteiger partial charge is 0.428 e. The van der Waals surface area contributed by atoms with Crippen LogP contribution in [0.15, 0.2) is 0 Å². The summed E-state index contributed by atoms with van der Waals surface area (Å²) >= 11 is 0. The molecule has 0 aromatic heterocycles. The Hall–Kier alpha value is -1.42. The first-order valence-electron chi connectivity index (χ1n) is 9.46. The van der Waals surface area contributed by atoms with E-state index in [0.29, 0.717) is 0 Å². The number of halogens is 18. The van der Waals surface area contributed by atoms with E-state index in [1.54, 1.807) is 0 Å². The van der Waals surface area contributed by atoms with E-state index < -0.39 is 99.4 Å². The van der Waals surface area contributed by atoms with Crippen molar-refractivity contribution in [2.75, 3.05) is 13.2 Å². The molecule has 0 rings (SSSR count). The van der Waals surface area contributed by atoms with Crippen molar-refractivity contribution in [3.63, 3.8) is 0 Å². The molecule has 0 aliphatic carbocycles. The summed E-state index contributed by atoms with van der Waals surface area (Å²) < 4.78 is 241. The molecule has 0 radical (unpaired) electrons. The highest BCUT2D eigenvalue weighted by Gasteiger charge is 2.75. The Labute approximate surface area is 199 Å². The minimum absolute atomic E-state index is 1.52. The summed E-state index contributed by atoms with van der Waals surface area (Å²) in [4.78, 5) is 0. The van der Waals surface area contributed by atoms with Gasteiger partial charge in [-0.3, -0.25) is 9.47 Å². The number of unbranched alkanes of at least 4 members (excludes halogenated alkanes) is 1. The van der Waals surface area contributed by atoms with Crippen LogP contribution in [0.1, 0.15) is 25.7 Å². The van der Waals surface area contributed by atoms with Gasteiger partial charge in [0.1, 0.15) is 13.2 Å². The minimum Gasteiger partial charge on any atom is -0.390 e. The van der Waals surface area contributed by atoms with E-state index >= 15 is 0 Å². The van der Waals surface area contributed by atoms with Crippen molar-refractivity contribution >= 4 is 0 Å². The predicted molar refractivity (Wildman–Crippen MR) is 84.2 cm³/mol. The smallest absolute Gasteiger partial charge is 0.390 e. The van der Waals surface area contributed by atoms with E-state index in [2.05, 4.69) is 9.47 Å². The highest BCUT2D eigenvalue weighted by Crippen LogP contribution is 2.49. The summed E-state index contributed by atoms with van der Waals surface area (Å²) in [5, 5.41) is 16.0. The highest BCUT2D eigenvalue weighted by molar-refractivity contribution is 4.93. The van der Waals surface area contributed by atoms with E-state index in [1.165, 1.54) is 0 Å². The summed E-state index contributed by atoms with van der Waals surface area (Å²) in [5.41, 5.74) is 0. The van der Waals surface area contributed by atoms with Crippen LogP contribution in [0.2, 0.25) is 0 Å². The molecule has 2 unspecified atom stereocenters. The molecule has 0 amide bonds. The molecule has 0 heterocycles. The summed E-state index contributed by atoms with van der Waals surface area (Å²) in [5.74, 6) is -36.1. The van der Waals surface area contributed by atoms with Crippen LogP contribution in [0.5, 0.6) is 0 Å². The van der Waals surface area contributed by atoms with Crippen LogP contribution in [0.4, 0.5) is 79.0 Å². The second kappa shape index (κ2) is 11.6. The molecule has 0 aliphatic heterocycles. The van der Waals surface area contributed by atoms with Gasteiger partial charge in [-0.1, -0.05) is 0 Å². The van der Waals surface area contributed by atoms with Crippen molar-refractivity contribution in [3.05, 3.63) is 0 Å². The fraction of sp³-hybridized carbons (Fsp3) is 1.00. The summed E-state index contributed by atoms with van der Waals surface area (Å²) in [6, 6.07) is 0. The van der Waals surface area contributed by atoms with Crippen LogP contribution in [0.3, 0.4) is 0 Å². The van der Waals surface area contributed by atoms with Gasteiger partial charge in [0.15, 0.2) is 0 Å². The van der Waals surface area contributed by atoms with E-state index in [9.17, 15) is 79.0 Å². The van der Waals surface area contributed by atoms with Crippen LogP contribution in [-0.4, -0.2) is 83.9 Å². The molecule has 0 spiro atoms. The zero-order valence-electron chi connectivity index (χ0n) is 17.9. The van der Waals surface area contributed by atoms with Crippen LogP contribution in [0, 0.1) is 0 Å². The van der Waals surface area contributed by atoms with Gasteiger partial charge in [-0.05, 0) is 12.8 Å². The maximum atomic E-state index is 13.5. The number of hydrogen-bond acceptors (Lipinski definition) is 4. The van der Waals surface area contributed by atoms with Gasteiger partial charge in [0.05, 0.1) is 0 Å². The second-order valence-electron chi connectivity index (χ2n) is 7.50. The van der Waals surface area contributed by atoms with Crippen molar-refractivity contribution in [2.24, 2.45) is 0 Å². The monoisotopic (exact) mass is 614 g/mol. The van der Waals surface area contributed by atoms with Crippen LogP contribution in [0.25, 0.3) is 0 Å². The fourth-order valence-corrected chi connectivity index (χ4v) is 2.15. The van der Waals surface area contributed by atoms with Gasteiger partial charge in [0.25, 0.3) is 12.7 Å². The molecule has 2 atom stereocenters. The van der Waals surface area contributed by atoms with E-state index in [-0.39, 0.29) is 0 Å². The van der Waals surface area contributed by atoms with E-state index in [1.807, 2.05) is 0 Å². The lowest BCUT2D eigenvalue weighted by Crippen LogP contribution is -2.58. The first-order chi connectivity index (χ1) is 16.6. The Bertz CT molecular complexity index is 697. The Morgan fingerprint density at radius 3 is 0.921 bits per heavy atom. The normalized spacial score (nSPS) is 17.1. The molecular formula is C16H16F18O4. The molecule has 38 heavy (non-hydrogen) atoms. The first-order valence-corrected chi connectivity index (χ1v) is 9.46. The van der Waals surface area contributed by atoms with E-state index in [4.69, 9.17) is 10.2 Å². The van der Waals surface area contributed by atoms with Crippen molar-refractivity contribution in [2.45, 2.75) is 86.2 Å². The Morgan fingerprint density at radius 1 is 0.474 bits per heavy atom. The Kier molecular flexibility index (Phi) is 11.2. The average molecular weight is 614 g/mol. The third kappa shape index (κ3) is 7.61. The molecule has 0 bridgehead atoms. The molecule has 0 fully saturated rings. The van der Waals surface area contributed by atoms with E-state index in [0.717, 1.165) is 0 Å². The van der Waals surface area contributed by atoms with Crippen LogP contribution in [-0.2, 0) is 9.47 Å².